The van der Waals surface area contributed by atoms with E-state index in [0.717, 1.165) is 24.7 Å². The number of carbonyl (C=O) groups excluding carboxylic acids is 1. The van der Waals surface area contributed by atoms with Crippen LogP contribution in [0, 0.1) is 18.8 Å². The molecule has 1 saturated heterocycles. The molecule has 6 rings (SSSR count). The van der Waals surface area contributed by atoms with Crippen molar-refractivity contribution in [2.75, 3.05) is 38.5 Å². The van der Waals surface area contributed by atoms with Crippen LogP contribution in [0.2, 0.25) is 0 Å². The summed E-state index contributed by atoms with van der Waals surface area (Å²) in [6, 6.07) is 12.9. The number of aryl methyl sites for hydroxylation is 1. The molecule has 0 aliphatic carbocycles. The highest BCUT2D eigenvalue weighted by atomic mass is 19.4. The minimum atomic E-state index is -4.57. The topological polar surface area (TPSA) is 91.5 Å². The molecule has 4 aromatic heterocycles. The van der Waals surface area contributed by atoms with Crippen molar-refractivity contribution in [3.8, 4) is 23.1 Å². The van der Waals surface area contributed by atoms with Crippen LogP contribution < -0.4 is 5.32 Å². The molecule has 5 heterocycles. The van der Waals surface area contributed by atoms with E-state index in [1.165, 1.54) is 18.3 Å². The van der Waals surface area contributed by atoms with Crippen molar-refractivity contribution in [3.63, 3.8) is 0 Å². The minimum Gasteiger partial charge on any atom is -0.322 e. The van der Waals surface area contributed by atoms with Gasteiger partial charge in [-0.25, -0.2) is 9.50 Å². The first-order valence-electron chi connectivity index (χ1n) is 14.3. The predicted molar refractivity (Wildman–Crippen MR) is 163 cm³/mol. The molecule has 0 spiro atoms. The summed E-state index contributed by atoms with van der Waals surface area (Å²) in [7, 11) is 1.99. The fourth-order valence-corrected chi connectivity index (χ4v) is 5.05. The van der Waals surface area contributed by atoms with Gasteiger partial charge >= 0.3 is 6.18 Å². The van der Waals surface area contributed by atoms with Crippen molar-refractivity contribution < 1.29 is 18.0 Å². The SMILES string of the molecule is Cc1ncc(C(=O)Nc2ccc(CN3CCN(C)CC3)c(C(F)(F)F)c2)cc1C#Cc1cnc2ccc(-c3cccnc3)nn12. The maximum Gasteiger partial charge on any atom is 0.416 e. The zero-order valence-corrected chi connectivity index (χ0v) is 24.6. The number of nitrogens with one attached hydrogen (secondary N) is 1. The van der Waals surface area contributed by atoms with Gasteiger partial charge < -0.3 is 10.2 Å². The quantitative estimate of drug-likeness (QED) is 0.283. The molecule has 0 radical (unpaired) electrons. The second-order valence-corrected chi connectivity index (χ2v) is 10.9. The number of nitrogens with zero attached hydrogens (tertiary/aromatic N) is 7. The number of fused-ring (bicyclic) bond motifs is 1. The Balaban J connectivity index is 1.22. The molecule has 0 unspecified atom stereocenters. The van der Waals surface area contributed by atoms with Crippen LogP contribution >= 0.6 is 0 Å². The van der Waals surface area contributed by atoms with E-state index in [2.05, 4.69) is 42.1 Å². The lowest BCUT2D eigenvalue weighted by molar-refractivity contribution is -0.138. The van der Waals surface area contributed by atoms with Crippen molar-refractivity contribution in [2.24, 2.45) is 0 Å². The average Bonchev–Trinajstić information content (AvgIpc) is 3.44. The number of carbonyl (C=O) groups is 1. The Morgan fingerprint density at radius 3 is 2.56 bits per heavy atom. The van der Waals surface area contributed by atoms with Crippen LogP contribution in [0.3, 0.4) is 0 Å². The van der Waals surface area contributed by atoms with E-state index < -0.39 is 17.6 Å². The van der Waals surface area contributed by atoms with E-state index in [0.29, 0.717) is 41.4 Å². The number of pyridine rings is 2. The fourth-order valence-electron chi connectivity index (χ4n) is 5.05. The van der Waals surface area contributed by atoms with Gasteiger partial charge in [0.2, 0.25) is 0 Å². The van der Waals surface area contributed by atoms with E-state index >= 15 is 0 Å². The molecule has 1 aliphatic rings. The molecule has 1 aliphatic heterocycles. The normalized spacial score (nSPS) is 14.2. The van der Waals surface area contributed by atoms with Crippen molar-refractivity contribution in [2.45, 2.75) is 19.6 Å². The molecule has 12 heteroatoms. The number of imidazole rings is 1. The fraction of sp³-hybridized carbons (Fsp3) is 0.242. The Bertz CT molecular complexity index is 1920. The van der Waals surface area contributed by atoms with Crippen LogP contribution in [-0.2, 0) is 12.7 Å². The van der Waals surface area contributed by atoms with Crippen molar-refractivity contribution in [1.82, 2.24) is 34.4 Å². The Hall–Kier alpha value is -5.12. The summed E-state index contributed by atoms with van der Waals surface area (Å²) < 4.78 is 43.7. The van der Waals surface area contributed by atoms with Gasteiger partial charge in [-0.2, -0.15) is 18.3 Å². The number of hydrogen-bond donors (Lipinski definition) is 1. The highest BCUT2D eigenvalue weighted by molar-refractivity contribution is 6.04. The summed E-state index contributed by atoms with van der Waals surface area (Å²) in [6.45, 7) is 4.93. The van der Waals surface area contributed by atoms with Crippen molar-refractivity contribution >= 4 is 17.2 Å². The summed E-state index contributed by atoms with van der Waals surface area (Å²) in [5.41, 5.74) is 3.38. The number of likely N-dealkylation sites (N-methyl/N-ethyl adjacent to an activating group) is 1. The van der Waals surface area contributed by atoms with Crippen LogP contribution in [0.5, 0.6) is 0 Å². The third-order valence-corrected chi connectivity index (χ3v) is 7.66. The standard InChI is InChI=1S/C33H29F3N8O/c1-22-23(6-8-28-20-39-31-10-9-30(41-44(28)31)24-4-3-11-37-18-24)16-26(19-38-22)32(45)40-27-7-5-25(29(17-27)33(34,35)36)21-43-14-12-42(2)13-15-43/h3-5,7,9-11,16-20H,12-15,21H2,1-2H3,(H,40,45). The molecule has 1 N–H and O–H groups in total. The van der Waals surface area contributed by atoms with E-state index in [4.69, 9.17) is 0 Å². The number of halogens is 3. The lowest BCUT2D eigenvalue weighted by Crippen LogP contribution is -2.44. The number of hydrogen-bond acceptors (Lipinski definition) is 7. The van der Waals surface area contributed by atoms with E-state index in [9.17, 15) is 18.0 Å². The van der Waals surface area contributed by atoms with Gasteiger partial charge in [-0.1, -0.05) is 12.0 Å². The number of amides is 1. The van der Waals surface area contributed by atoms with Gasteiger partial charge in [0, 0.05) is 68.1 Å². The van der Waals surface area contributed by atoms with Crippen LogP contribution in [0.4, 0.5) is 18.9 Å². The van der Waals surface area contributed by atoms with Crippen molar-refractivity contribution in [3.05, 3.63) is 107 Å². The Labute approximate surface area is 257 Å². The van der Waals surface area contributed by atoms with Gasteiger partial charge in [0.05, 0.1) is 28.7 Å². The van der Waals surface area contributed by atoms with Crippen molar-refractivity contribution in [1.29, 1.82) is 0 Å². The lowest BCUT2D eigenvalue weighted by atomic mass is 10.0. The zero-order chi connectivity index (χ0) is 31.6. The van der Waals surface area contributed by atoms with Crippen LogP contribution in [0.15, 0.2) is 73.3 Å². The smallest absolute Gasteiger partial charge is 0.322 e. The Kier molecular flexibility index (Phi) is 8.30. The van der Waals surface area contributed by atoms with Gasteiger partial charge in [0.25, 0.3) is 5.91 Å². The number of alkyl halides is 3. The third-order valence-electron chi connectivity index (χ3n) is 7.66. The second kappa shape index (κ2) is 12.5. The molecule has 45 heavy (non-hydrogen) atoms. The summed E-state index contributed by atoms with van der Waals surface area (Å²) in [4.78, 5) is 30.1. The molecule has 0 atom stereocenters. The predicted octanol–water partition coefficient (Wildman–Crippen LogP) is 4.91. The number of aromatic nitrogens is 5. The van der Waals surface area contributed by atoms with Gasteiger partial charge in [-0.05, 0) is 67.9 Å². The van der Waals surface area contributed by atoms with Crippen LogP contribution in [0.1, 0.15) is 38.4 Å². The van der Waals surface area contributed by atoms with Gasteiger partial charge in [-0.15, -0.1) is 0 Å². The van der Waals surface area contributed by atoms with Gasteiger partial charge in [-0.3, -0.25) is 19.7 Å². The second-order valence-electron chi connectivity index (χ2n) is 10.9. The van der Waals surface area contributed by atoms with Gasteiger partial charge in [0.1, 0.15) is 5.69 Å². The summed E-state index contributed by atoms with van der Waals surface area (Å²) in [5, 5.41) is 7.24. The average molecular weight is 611 g/mol. The van der Waals surface area contributed by atoms with Gasteiger partial charge in [0.15, 0.2) is 5.65 Å². The van der Waals surface area contributed by atoms with E-state index in [-0.39, 0.29) is 23.4 Å². The molecule has 9 nitrogen and oxygen atoms in total. The molecule has 5 aromatic rings. The molecule has 1 aromatic carbocycles. The first-order valence-corrected chi connectivity index (χ1v) is 14.3. The maximum absolute atomic E-state index is 14.0. The molecular formula is C33H29F3N8O. The summed E-state index contributed by atoms with van der Waals surface area (Å²) >= 11 is 0. The van der Waals surface area contributed by atoms with Crippen LogP contribution in [-0.4, -0.2) is 73.5 Å². The maximum atomic E-state index is 14.0. The molecule has 0 bridgehead atoms. The minimum absolute atomic E-state index is 0.0453. The Morgan fingerprint density at radius 2 is 1.80 bits per heavy atom. The molecule has 1 fully saturated rings. The molecule has 0 saturated carbocycles. The monoisotopic (exact) mass is 610 g/mol. The number of piperazine rings is 1. The summed E-state index contributed by atoms with van der Waals surface area (Å²) in [5.74, 6) is 5.50. The highest BCUT2D eigenvalue weighted by Gasteiger charge is 2.34. The zero-order valence-electron chi connectivity index (χ0n) is 24.6. The first-order chi connectivity index (χ1) is 21.6. The lowest BCUT2D eigenvalue weighted by Gasteiger charge is -2.33. The third kappa shape index (κ3) is 6.85. The number of anilines is 1. The molecule has 1 amide bonds. The summed E-state index contributed by atoms with van der Waals surface area (Å²) in [6.07, 6.45) is 1.81. The highest BCUT2D eigenvalue weighted by Crippen LogP contribution is 2.34. The van der Waals surface area contributed by atoms with E-state index in [1.54, 1.807) is 36.1 Å². The largest absolute Gasteiger partial charge is 0.416 e. The number of benzene rings is 1. The Morgan fingerprint density at radius 1 is 0.978 bits per heavy atom. The molecule has 228 valence electrons. The molecular weight excluding hydrogens is 581 g/mol. The number of rotatable bonds is 5. The van der Waals surface area contributed by atoms with Crippen LogP contribution in [0.25, 0.3) is 16.9 Å². The first kappa shape index (κ1) is 29.9. The van der Waals surface area contributed by atoms with E-state index in [1.807, 2.05) is 36.2 Å².